The van der Waals surface area contributed by atoms with E-state index in [1.807, 2.05) is 26.8 Å². The molecule has 1 N–H and O–H groups in total. The van der Waals surface area contributed by atoms with Crippen LogP contribution in [0.25, 0.3) is 6.08 Å². The molecule has 0 unspecified atom stereocenters. The molecule has 0 radical (unpaired) electrons. The van der Waals surface area contributed by atoms with Crippen molar-refractivity contribution in [2.45, 2.75) is 32.8 Å². The summed E-state index contributed by atoms with van der Waals surface area (Å²) >= 11 is 0. The van der Waals surface area contributed by atoms with Crippen LogP contribution in [0.1, 0.15) is 43.4 Å². The molecule has 0 saturated carbocycles. The summed E-state index contributed by atoms with van der Waals surface area (Å²) < 4.78 is 9.73. The molecule has 0 bridgehead atoms. The number of ether oxygens (including phenoxy) is 2. The van der Waals surface area contributed by atoms with Crippen LogP contribution in [0.4, 0.5) is 4.79 Å². The predicted molar refractivity (Wildman–Crippen MR) is 83.5 cm³/mol. The van der Waals surface area contributed by atoms with Crippen molar-refractivity contribution in [3.8, 4) is 0 Å². The third kappa shape index (κ3) is 6.88. The third-order valence-corrected chi connectivity index (χ3v) is 2.43. The topological polar surface area (TPSA) is 77.5 Å². The number of methoxy groups -OCH3 is 1. The zero-order chi connectivity index (χ0) is 16.6. The number of nitrogens with zero attached hydrogens (tertiary/aromatic N) is 1. The standard InChI is InChI=1S/C16H22N2O4/c1-16(2,3)22-15(20)17-11-6-5-8-12-9-7-10-13(18-12)14(19)21-4/h5,7-10H,6,11H2,1-4H3,(H,17,20). The molecule has 0 aliphatic heterocycles. The number of hydrogen-bond acceptors (Lipinski definition) is 5. The lowest BCUT2D eigenvalue weighted by Crippen LogP contribution is -2.32. The van der Waals surface area contributed by atoms with E-state index in [1.54, 1.807) is 24.3 Å². The van der Waals surface area contributed by atoms with Crippen molar-refractivity contribution in [2.75, 3.05) is 13.7 Å². The van der Waals surface area contributed by atoms with Gasteiger partial charge in [-0.25, -0.2) is 14.6 Å². The summed E-state index contributed by atoms with van der Waals surface area (Å²) in [5.41, 5.74) is 0.412. The summed E-state index contributed by atoms with van der Waals surface area (Å²) in [7, 11) is 1.31. The monoisotopic (exact) mass is 306 g/mol. The van der Waals surface area contributed by atoms with Gasteiger partial charge in [0, 0.05) is 6.54 Å². The lowest BCUT2D eigenvalue weighted by atomic mass is 10.2. The smallest absolute Gasteiger partial charge is 0.407 e. The van der Waals surface area contributed by atoms with Gasteiger partial charge in [0.2, 0.25) is 0 Å². The Balaban J connectivity index is 2.40. The number of rotatable bonds is 5. The van der Waals surface area contributed by atoms with E-state index in [-0.39, 0.29) is 5.69 Å². The third-order valence-electron chi connectivity index (χ3n) is 2.43. The molecule has 6 heteroatoms. The minimum absolute atomic E-state index is 0.261. The van der Waals surface area contributed by atoms with Crippen LogP contribution in [0.5, 0.6) is 0 Å². The largest absolute Gasteiger partial charge is 0.464 e. The van der Waals surface area contributed by atoms with Gasteiger partial charge < -0.3 is 14.8 Å². The Hall–Kier alpha value is -2.37. The highest BCUT2D eigenvalue weighted by atomic mass is 16.6. The average Bonchev–Trinajstić information content (AvgIpc) is 2.44. The number of hydrogen-bond donors (Lipinski definition) is 1. The normalized spacial score (nSPS) is 11.3. The zero-order valence-electron chi connectivity index (χ0n) is 13.4. The van der Waals surface area contributed by atoms with Gasteiger partial charge in [-0.1, -0.05) is 12.1 Å². The molecular weight excluding hydrogens is 284 g/mol. The second-order valence-corrected chi connectivity index (χ2v) is 5.56. The fourth-order valence-electron chi connectivity index (χ4n) is 1.54. The van der Waals surface area contributed by atoms with Gasteiger partial charge in [0.05, 0.1) is 12.8 Å². The van der Waals surface area contributed by atoms with Crippen LogP contribution in [-0.4, -0.2) is 36.3 Å². The highest BCUT2D eigenvalue weighted by Crippen LogP contribution is 2.06. The minimum atomic E-state index is -0.502. The fourth-order valence-corrected chi connectivity index (χ4v) is 1.54. The number of esters is 1. The van der Waals surface area contributed by atoms with E-state index in [1.165, 1.54) is 7.11 Å². The lowest BCUT2D eigenvalue weighted by Gasteiger charge is -2.19. The molecule has 1 aromatic heterocycles. The number of pyridine rings is 1. The molecule has 120 valence electrons. The number of amides is 1. The van der Waals surface area contributed by atoms with Crippen molar-refractivity contribution in [1.29, 1.82) is 0 Å². The molecule has 0 aliphatic rings. The van der Waals surface area contributed by atoms with Crippen LogP contribution in [0, 0.1) is 0 Å². The van der Waals surface area contributed by atoms with E-state index in [0.717, 1.165) is 0 Å². The van der Waals surface area contributed by atoms with Crippen molar-refractivity contribution in [3.05, 3.63) is 35.7 Å². The van der Waals surface area contributed by atoms with Crippen molar-refractivity contribution in [1.82, 2.24) is 10.3 Å². The van der Waals surface area contributed by atoms with Gasteiger partial charge in [-0.15, -0.1) is 0 Å². The van der Waals surface area contributed by atoms with E-state index in [4.69, 9.17) is 4.74 Å². The van der Waals surface area contributed by atoms with E-state index in [9.17, 15) is 9.59 Å². The maximum atomic E-state index is 11.4. The predicted octanol–water partition coefficient (Wildman–Crippen LogP) is 2.80. The van der Waals surface area contributed by atoms with Gasteiger partial charge in [-0.05, 0) is 45.4 Å². The summed E-state index contributed by atoms with van der Waals surface area (Å²) in [5.74, 6) is -0.471. The number of alkyl carbamates (subject to hydrolysis) is 1. The first-order valence-corrected chi connectivity index (χ1v) is 7.00. The van der Waals surface area contributed by atoms with Crippen LogP contribution >= 0.6 is 0 Å². The Kier molecular flexibility index (Phi) is 6.56. The van der Waals surface area contributed by atoms with Gasteiger partial charge in [0.1, 0.15) is 11.3 Å². The number of nitrogens with one attached hydrogen (secondary N) is 1. The molecule has 0 fully saturated rings. The molecular formula is C16H22N2O4. The van der Waals surface area contributed by atoms with Gasteiger partial charge in [0.15, 0.2) is 0 Å². The second kappa shape index (κ2) is 8.17. The maximum absolute atomic E-state index is 11.4. The van der Waals surface area contributed by atoms with Crippen molar-refractivity contribution < 1.29 is 19.1 Å². The van der Waals surface area contributed by atoms with E-state index >= 15 is 0 Å². The van der Waals surface area contributed by atoms with Gasteiger partial charge in [-0.3, -0.25) is 0 Å². The van der Waals surface area contributed by atoms with Crippen molar-refractivity contribution in [3.63, 3.8) is 0 Å². The van der Waals surface area contributed by atoms with Crippen LogP contribution in [-0.2, 0) is 9.47 Å². The van der Waals surface area contributed by atoms with E-state index in [2.05, 4.69) is 15.0 Å². The molecule has 0 aromatic carbocycles. The summed E-state index contributed by atoms with van der Waals surface area (Å²) in [6, 6.07) is 5.11. The second-order valence-electron chi connectivity index (χ2n) is 5.56. The van der Waals surface area contributed by atoms with Crippen LogP contribution in [0.3, 0.4) is 0 Å². The summed E-state index contributed by atoms with van der Waals surface area (Å²) in [5, 5.41) is 2.66. The number of carbonyl (C=O) groups is 2. The zero-order valence-corrected chi connectivity index (χ0v) is 13.4. The first-order chi connectivity index (χ1) is 10.3. The summed E-state index contributed by atoms with van der Waals surface area (Å²) in [4.78, 5) is 26.9. The Morgan fingerprint density at radius 2 is 2.05 bits per heavy atom. The van der Waals surface area contributed by atoms with Crippen molar-refractivity contribution in [2.24, 2.45) is 0 Å². The molecule has 1 rings (SSSR count). The van der Waals surface area contributed by atoms with E-state index < -0.39 is 17.7 Å². The molecule has 6 nitrogen and oxygen atoms in total. The van der Waals surface area contributed by atoms with E-state index in [0.29, 0.717) is 18.7 Å². The summed E-state index contributed by atoms with van der Waals surface area (Å²) in [6.07, 6.45) is 3.83. The molecule has 0 spiro atoms. The highest BCUT2D eigenvalue weighted by Gasteiger charge is 2.15. The molecule has 0 atom stereocenters. The van der Waals surface area contributed by atoms with Crippen molar-refractivity contribution >= 4 is 18.1 Å². The maximum Gasteiger partial charge on any atom is 0.407 e. The molecule has 1 amide bonds. The first-order valence-electron chi connectivity index (χ1n) is 7.00. The molecule has 22 heavy (non-hydrogen) atoms. The first kappa shape index (κ1) is 17.7. The minimum Gasteiger partial charge on any atom is -0.464 e. The SMILES string of the molecule is COC(=O)c1cccc(C=CCCNC(=O)OC(C)(C)C)n1. The Morgan fingerprint density at radius 3 is 2.68 bits per heavy atom. The molecule has 1 aromatic rings. The summed E-state index contributed by atoms with van der Waals surface area (Å²) in [6.45, 7) is 5.90. The van der Waals surface area contributed by atoms with Crippen LogP contribution < -0.4 is 5.32 Å². The molecule has 0 saturated heterocycles. The fraction of sp³-hybridized carbons (Fsp3) is 0.438. The van der Waals surface area contributed by atoms with Crippen LogP contribution in [0.2, 0.25) is 0 Å². The van der Waals surface area contributed by atoms with Crippen LogP contribution in [0.15, 0.2) is 24.3 Å². The average molecular weight is 306 g/mol. The highest BCUT2D eigenvalue weighted by molar-refractivity contribution is 5.87. The van der Waals surface area contributed by atoms with Gasteiger partial charge >= 0.3 is 12.1 Å². The van der Waals surface area contributed by atoms with Gasteiger partial charge in [0.25, 0.3) is 0 Å². The Morgan fingerprint density at radius 1 is 1.32 bits per heavy atom. The number of carbonyl (C=O) groups excluding carboxylic acids is 2. The quantitative estimate of drug-likeness (QED) is 0.668. The Labute approximate surface area is 130 Å². The van der Waals surface area contributed by atoms with Gasteiger partial charge in [-0.2, -0.15) is 0 Å². The number of aromatic nitrogens is 1. The molecule has 0 aliphatic carbocycles. The molecule has 1 heterocycles. The Bertz CT molecular complexity index is 547. The lowest BCUT2D eigenvalue weighted by molar-refractivity contribution is 0.0527.